The second-order valence-corrected chi connectivity index (χ2v) is 6.09. The van der Waals surface area contributed by atoms with Gasteiger partial charge in [-0.05, 0) is 24.3 Å². The molecule has 2 aromatic heterocycles. The molecule has 4 aromatic rings. The molecule has 2 aromatic carbocycles. The maximum atomic E-state index is 12.8. The van der Waals surface area contributed by atoms with Crippen LogP contribution >= 0.6 is 0 Å². The van der Waals surface area contributed by atoms with Gasteiger partial charge in [0.2, 0.25) is 0 Å². The molecule has 0 atom stereocenters. The van der Waals surface area contributed by atoms with E-state index in [9.17, 15) is 9.59 Å². The Kier molecular flexibility index (Phi) is 4.76. The van der Waals surface area contributed by atoms with E-state index >= 15 is 0 Å². The molecule has 0 saturated carbocycles. The molecule has 6 nitrogen and oxygen atoms in total. The van der Waals surface area contributed by atoms with Crippen LogP contribution in [0, 0.1) is 0 Å². The SMILES string of the molecule is O=C(NNC(=O)c1cc(-c2ccccc2)nc2ccccc12)c1cccnc1. The average Bonchev–Trinajstić information content (AvgIpc) is 2.77. The predicted molar refractivity (Wildman–Crippen MR) is 106 cm³/mol. The van der Waals surface area contributed by atoms with Crippen molar-refractivity contribution in [1.82, 2.24) is 20.8 Å². The van der Waals surface area contributed by atoms with Gasteiger partial charge in [0.25, 0.3) is 11.8 Å². The molecule has 0 radical (unpaired) electrons. The van der Waals surface area contributed by atoms with E-state index in [2.05, 4.69) is 20.8 Å². The Bertz CT molecular complexity index is 1150. The molecule has 0 aliphatic heterocycles. The first-order chi connectivity index (χ1) is 13.7. The molecule has 2 N–H and O–H groups in total. The Morgan fingerprint density at radius 3 is 2.32 bits per heavy atom. The molecule has 0 spiro atoms. The zero-order chi connectivity index (χ0) is 19.3. The first kappa shape index (κ1) is 17.4. The Balaban J connectivity index is 1.65. The van der Waals surface area contributed by atoms with Crippen LogP contribution in [0.3, 0.4) is 0 Å². The Morgan fingerprint density at radius 1 is 0.786 bits per heavy atom. The molecular formula is C22H16N4O2. The first-order valence-corrected chi connectivity index (χ1v) is 8.68. The minimum absolute atomic E-state index is 0.354. The van der Waals surface area contributed by atoms with Gasteiger partial charge in [-0.15, -0.1) is 0 Å². The highest BCUT2D eigenvalue weighted by Gasteiger charge is 2.15. The van der Waals surface area contributed by atoms with Gasteiger partial charge in [0, 0.05) is 23.3 Å². The lowest BCUT2D eigenvalue weighted by Crippen LogP contribution is -2.41. The summed E-state index contributed by atoms with van der Waals surface area (Å²) in [7, 11) is 0. The monoisotopic (exact) mass is 368 g/mol. The largest absolute Gasteiger partial charge is 0.271 e. The smallest absolute Gasteiger partial charge is 0.267 e. The molecule has 0 saturated heterocycles. The van der Waals surface area contributed by atoms with Crippen LogP contribution in [0.2, 0.25) is 0 Å². The number of fused-ring (bicyclic) bond motifs is 1. The fourth-order valence-electron chi connectivity index (χ4n) is 2.87. The zero-order valence-corrected chi connectivity index (χ0v) is 14.8. The van der Waals surface area contributed by atoms with Gasteiger partial charge in [0.15, 0.2) is 0 Å². The van der Waals surface area contributed by atoms with Crippen molar-refractivity contribution in [3.05, 3.63) is 96.3 Å². The lowest BCUT2D eigenvalue weighted by molar-refractivity contribution is 0.0847. The highest BCUT2D eigenvalue weighted by Crippen LogP contribution is 2.24. The van der Waals surface area contributed by atoms with E-state index in [0.717, 1.165) is 5.56 Å². The van der Waals surface area contributed by atoms with Gasteiger partial charge in [-0.1, -0.05) is 48.5 Å². The molecular weight excluding hydrogens is 352 g/mol. The Hall–Kier alpha value is -4.06. The third-order valence-corrected chi connectivity index (χ3v) is 4.24. The average molecular weight is 368 g/mol. The van der Waals surface area contributed by atoms with E-state index in [1.54, 1.807) is 24.4 Å². The van der Waals surface area contributed by atoms with Gasteiger partial charge in [-0.25, -0.2) is 4.98 Å². The number of para-hydroxylation sites is 1. The molecule has 28 heavy (non-hydrogen) atoms. The number of carbonyl (C=O) groups excluding carboxylic acids is 2. The third kappa shape index (κ3) is 3.57. The fourth-order valence-corrected chi connectivity index (χ4v) is 2.87. The second kappa shape index (κ2) is 7.67. The van der Waals surface area contributed by atoms with Gasteiger partial charge in [0.05, 0.1) is 22.3 Å². The summed E-state index contributed by atoms with van der Waals surface area (Å²) in [5, 5.41) is 0.704. The Labute approximate surface area is 161 Å². The molecule has 136 valence electrons. The van der Waals surface area contributed by atoms with Crippen LogP contribution in [0.25, 0.3) is 22.2 Å². The van der Waals surface area contributed by atoms with Crippen LogP contribution in [-0.2, 0) is 0 Å². The second-order valence-electron chi connectivity index (χ2n) is 6.09. The molecule has 0 aliphatic rings. The number of amides is 2. The topological polar surface area (TPSA) is 84.0 Å². The zero-order valence-electron chi connectivity index (χ0n) is 14.8. The van der Waals surface area contributed by atoms with E-state index in [-0.39, 0.29) is 0 Å². The van der Waals surface area contributed by atoms with E-state index in [4.69, 9.17) is 0 Å². The molecule has 6 heteroatoms. The number of nitrogens with one attached hydrogen (secondary N) is 2. The molecule has 2 amide bonds. The van der Waals surface area contributed by atoms with Crippen molar-refractivity contribution in [1.29, 1.82) is 0 Å². The lowest BCUT2D eigenvalue weighted by Gasteiger charge is -2.11. The highest BCUT2D eigenvalue weighted by molar-refractivity contribution is 6.08. The van der Waals surface area contributed by atoms with Crippen LogP contribution in [0.5, 0.6) is 0 Å². The normalized spacial score (nSPS) is 10.4. The number of nitrogens with zero attached hydrogens (tertiary/aromatic N) is 2. The van der Waals surface area contributed by atoms with Crippen LogP contribution in [-0.4, -0.2) is 21.8 Å². The van der Waals surface area contributed by atoms with Gasteiger partial charge in [-0.2, -0.15) is 0 Å². The quantitative estimate of drug-likeness (QED) is 0.543. The van der Waals surface area contributed by atoms with Crippen molar-refractivity contribution in [3.63, 3.8) is 0 Å². The van der Waals surface area contributed by atoms with E-state index in [1.165, 1.54) is 6.20 Å². The summed E-state index contributed by atoms with van der Waals surface area (Å²) in [6, 6.07) is 22.0. The van der Waals surface area contributed by atoms with Crippen molar-refractivity contribution in [2.24, 2.45) is 0 Å². The van der Waals surface area contributed by atoms with Crippen molar-refractivity contribution in [2.75, 3.05) is 0 Å². The minimum atomic E-state index is -0.442. The minimum Gasteiger partial charge on any atom is -0.267 e. The molecule has 0 aliphatic carbocycles. The molecule has 4 rings (SSSR count). The van der Waals surface area contributed by atoms with E-state index in [0.29, 0.717) is 27.7 Å². The van der Waals surface area contributed by atoms with Crippen molar-refractivity contribution in [3.8, 4) is 11.3 Å². The van der Waals surface area contributed by atoms with Crippen molar-refractivity contribution in [2.45, 2.75) is 0 Å². The van der Waals surface area contributed by atoms with Crippen LogP contribution in [0.4, 0.5) is 0 Å². The summed E-state index contributed by atoms with van der Waals surface area (Å²) in [6.45, 7) is 0. The summed E-state index contributed by atoms with van der Waals surface area (Å²) in [6.07, 6.45) is 3.00. The predicted octanol–water partition coefficient (Wildman–Crippen LogP) is 3.37. The number of aromatic nitrogens is 2. The van der Waals surface area contributed by atoms with Crippen LogP contribution in [0.15, 0.2) is 85.2 Å². The van der Waals surface area contributed by atoms with E-state index < -0.39 is 11.8 Å². The summed E-state index contributed by atoms with van der Waals surface area (Å²) in [5.41, 5.74) is 7.97. The van der Waals surface area contributed by atoms with Gasteiger partial charge >= 0.3 is 0 Å². The summed E-state index contributed by atoms with van der Waals surface area (Å²) in [4.78, 5) is 33.5. The maximum Gasteiger partial charge on any atom is 0.271 e. The van der Waals surface area contributed by atoms with Gasteiger partial charge in [0.1, 0.15) is 0 Å². The van der Waals surface area contributed by atoms with Gasteiger partial charge in [-0.3, -0.25) is 25.4 Å². The summed E-state index contributed by atoms with van der Waals surface area (Å²) < 4.78 is 0. The number of carbonyl (C=O) groups is 2. The van der Waals surface area contributed by atoms with Crippen LogP contribution in [0.1, 0.15) is 20.7 Å². The number of rotatable bonds is 3. The van der Waals surface area contributed by atoms with Crippen molar-refractivity contribution >= 4 is 22.7 Å². The third-order valence-electron chi connectivity index (χ3n) is 4.24. The lowest BCUT2D eigenvalue weighted by atomic mass is 10.0. The van der Waals surface area contributed by atoms with Gasteiger partial charge < -0.3 is 0 Å². The Morgan fingerprint density at radius 2 is 1.54 bits per heavy atom. The molecule has 0 bridgehead atoms. The number of hydrazine groups is 1. The number of benzene rings is 2. The molecule has 2 heterocycles. The maximum absolute atomic E-state index is 12.8. The summed E-state index contributed by atoms with van der Waals surface area (Å²) >= 11 is 0. The highest BCUT2D eigenvalue weighted by atomic mass is 16.2. The number of hydrogen-bond donors (Lipinski definition) is 2. The number of pyridine rings is 2. The standard InChI is InChI=1S/C22H16N4O2/c27-21(16-9-6-12-23-14-16)25-26-22(28)18-13-20(15-7-2-1-3-8-15)24-19-11-5-4-10-17(18)19/h1-14H,(H,25,27)(H,26,28). The van der Waals surface area contributed by atoms with Crippen LogP contribution < -0.4 is 10.9 Å². The first-order valence-electron chi connectivity index (χ1n) is 8.68. The van der Waals surface area contributed by atoms with Crippen molar-refractivity contribution < 1.29 is 9.59 Å². The summed E-state index contributed by atoms with van der Waals surface area (Å²) in [5.74, 6) is -0.865. The fraction of sp³-hybridized carbons (Fsp3) is 0. The number of hydrogen-bond acceptors (Lipinski definition) is 4. The molecule has 0 unspecified atom stereocenters. The molecule has 0 fully saturated rings. The van der Waals surface area contributed by atoms with E-state index in [1.807, 2.05) is 54.6 Å².